The summed E-state index contributed by atoms with van der Waals surface area (Å²) in [6, 6.07) is 12.7. The average molecular weight is 439 g/mol. The molecule has 0 saturated heterocycles. The van der Waals surface area contributed by atoms with Gasteiger partial charge < -0.3 is 0 Å². The van der Waals surface area contributed by atoms with E-state index in [0.717, 1.165) is 10.0 Å². The lowest BCUT2D eigenvalue weighted by molar-refractivity contribution is -0.0258. The number of hydroxylamine groups is 1. The first kappa shape index (κ1) is 20.4. The first-order chi connectivity index (χ1) is 13.3. The van der Waals surface area contributed by atoms with E-state index < -0.39 is 15.9 Å². The van der Waals surface area contributed by atoms with E-state index in [2.05, 4.69) is 15.5 Å². The number of halogens is 1. The molecule has 146 valence electrons. The molecule has 1 N–H and O–H groups in total. The molecule has 0 saturated carbocycles. The van der Waals surface area contributed by atoms with Gasteiger partial charge in [-0.25, -0.2) is 8.42 Å². The van der Waals surface area contributed by atoms with Crippen LogP contribution in [0.4, 0.5) is 5.13 Å². The summed E-state index contributed by atoms with van der Waals surface area (Å²) in [5, 5.41) is 12.0. The predicted octanol–water partition coefficient (Wildman–Crippen LogP) is 3.29. The van der Waals surface area contributed by atoms with Crippen molar-refractivity contribution in [2.45, 2.75) is 4.90 Å². The second-order valence-corrected chi connectivity index (χ2v) is 8.79. The minimum absolute atomic E-state index is 0.00493. The van der Waals surface area contributed by atoms with E-state index in [9.17, 15) is 13.2 Å². The standard InChI is InChI=1S/C17H15ClN4O4S2/c1-22(26-2)28(24,25)12-9-7-11(8-10-12)15(23)19-17-21-20-16(27-17)13-5-3-4-6-14(13)18/h3-10H,1-2H3,(H,19,21,23). The third kappa shape index (κ3) is 4.21. The third-order valence-electron chi connectivity index (χ3n) is 3.76. The van der Waals surface area contributed by atoms with Gasteiger partial charge in [0.25, 0.3) is 15.9 Å². The topological polar surface area (TPSA) is 101 Å². The van der Waals surface area contributed by atoms with Crippen LogP contribution >= 0.6 is 22.9 Å². The van der Waals surface area contributed by atoms with Gasteiger partial charge in [0.2, 0.25) is 5.13 Å². The second kappa shape index (κ2) is 8.33. The van der Waals surface area contributed by atoms with E-state index in [-0.39, 0.29) is 10.5 Å². The Balaban J connectivity index is 1.75. The van der Waals surface area contributed by atoms with Gasteiger partial charge in [-0.3, -0.25) is 14.9 Å². The summed E-state index contributed by atoms with van der Waals surface area (Å²) < 4.78 is 25.1. The number of carbonyl (C=O) groups is 1. The summed E-state index contributed by atoms with van der Waals surface area (Å²) in [5.41, 5.74) is 0.993. The largest absolute Gasteiger partial charge is 0.296 e. The zero-order chi connectivity index (χ0) is 20.3. The fourth-order valence-corrected chi connectivity index (χ4v) is 4.24. The van der Waals surface area contributed by atoms with Crippen LogP contribution in [-0.4, -0.2) is 43.1 Å². The van der Waals surface area contributed by atoms with E-state index in [4.69, 9.17) is 16.4 Å². The zero-order valence-electron chi connectivity index (χ0n) is 14.8. The van der Waals surface area contributed by atoms with Crippen LogP contribution in [0.25, 0.3) is 10.6 Å². The van der Waals surface area contributed by atoms with Gasteiger partial charge in [0.15, 0.2) is 5.01 Å². The van der Waals surface area contributed by atoms with Gasteiger partial charge in [-0.2, -0.15) is 0 Å². The number of sulfonamides is 1. The highest BCUT2D eigenvalue weighted by Crippen LogP contribution is 2.31. The monoisotopic (exact) mass is 438 g/mol. The molecule has 2 aromatic carbocycles. The van der Waals surface area contributed by atoms with Gasteiger partial charge in [-0.05, 0) is 30.3 Å². The molecule has 1 heterocycles. The lowest BCUT2D eigenvalue weighted by atomic mass is 10.2. The minimum Gasteiger partial charge on any atom is -0.296 e. The number of hydrogen-bond acceptors (Lipinski definition) is 7. The maximum atomic E-state index is 12.4. The van der Waals surface area contributed by atoms with E-state index in [1.165, 1.54) is 49.8 Å². The van der Waals surface area contributed by atoms with Gasteiger partial charge in [0.1, 0.15) is 0 Å². The lowest BCUT2D eigenvalue weighted by Crippen LogP contribution is -2.25. The second-order valence-electron chi connectivity index (χ2n) is 5.47. The summed E-state index contributed by atoms with van der Waals surface area (Å²) in [7, 11) is -1.25. The van der Waals surface area contributed by atoms with Crippen molar-refractivity contribution >= 4 is 44.0 Å². The summed E-state index contributed by atoms with van der Waals surface area (Å²) in [5.74, 6) is -0.439. The molecular formula is C17H15ClN4O4S2. The summed E-state index contributed by atoms with van der Waals surface area (Å²) >= 11 is 7.32. The summed E-state index contributed by atoms with van der Waals surface area (Å²) in [6.45, 7) is 0. The molecule has 0 radical (unpaired) electrons. The Hall–Kier alpha value is -2.37. The molecule has 0 aliphatic carbocycles. The van der Waals surface area contributed by atoms with Crippen LogP contribution in [0.2, 0.25) is 5.02 Å². The average Bonchev–Trinajstić information content (AvgIpc) is 3.15. The Morgan fingerprint density at radius 2 is 1.82 bits per heavy atom. The van der Waals surface area contributed by atoms with Crippen molar-refractivity contribution in [1.29, 1.82) is 0 Å². The van der Waals surface area contributed by atoms with Gasteiger partial charge >= 0.3 is 0 Å². The van der Waals surface area contributed by atoms with E-state index in [1.807, 2.05) is 18.2 Å². The fraction of sp³-hybridized carbons (Fsp3) is 0.118. The first-order valence-electron chi connectivity index (χ1n) is 7.86. The van der Waals surface area contributed by atoms with Gasteiger partial charge in [0, 0.05) is 18.2 Å². The number of amides is 1. The molecule has 1 aromatic heterocycles. The molecule has 0 aliphatic rings. The number of hydrogen-bond donors (Lipinski definition) is 1. The third-order valence-corrected chi connectivity index (χ3v) is 6.66. The number of benzene rings is 2. The summed E-state index contributed by atoms with van der Waals surface area (Å²) in [6.07, 6.45) is 0. The quantitative estimate of drug-likeness (QED) is 0.592. The number of aromatic nitrogens is 2. The number of nitrogens with zero attached hydrogens (tertiary/aromatic N) is 3. The highest BCUT2D eigenvalue weighted by molar-refractivity contribution is 7.89. The lowest BCUT2D eigenvalue weighted by Gasteiger charge is -2.14. The van der Waals surface area contributed by atoms with E-state index in [1.54, 1.807) is 6.07 Å². The van der Waals surface area contributed by atoms with Crippen molar-refractivity contribution in [1.82, 2.24) is 14.7 Å². The number of anilines is 1. The predicted molar refractivity (Wildman–Crippen MR) is 107 cm³/mol. The molecule has 11 heteroatoms. The molecule has 0 fully saturated rings. The van der Waals surface area contributed by atoms with Gasteiger partial charge in [-0.15, -0.1) is 10.2 Å². The van der Waals surface area contributed by atoms with Crippen LogP contribution in [-0.2, 0) is 14.9 Å². The molecule has 0 atom stereocenters. The van der Waals surface area contributed by atoms with Crippen LogP contribution in [0.1, 0.15) is 10.4 Å². The maximum absolute atomic E-state index is 12.4. The Morgan fingerprint density at radius 3 is 2.46 bits per heavy atom. The number of nitrogens with one attached hydrogen (secondary N) is 1. The number of carbonyl (C=O) groups excluding carboxylic acids is 1. The van der Waals surface area contributed by atoms with Crippen molar-refractivity contribution in [3.05, 3.63) is 59.1 Å². The first-order valence-corrected chi connectivity index (χ1v) is 10.5. The minimum atomic E-state index is -3.78. The number of rotatable bonds is 6. The van der Waals surface area contributed by atoms with Crippen molar-refractivity contribution in [3.63, 3.8) is 0 Å². The molecule has 28 heavy (non-hydrogen) atoms. The zero-order valence-corrected chi connectivity index (χ0v) is 17.2. The molecule has 0 spiro atoms. The molecule has 8 nitrogen and oxygen atoms in total. The van der Waals surface area contributed by atoms with Crippen LogP contribution in [0.15, 0.2) is 53.4 Å². The van der Waals surface area contributed by atoms with Crippen LogP contribution in [0.3, 0.4) is 0 Å². The molecular weight excluding hydrogens is 424 g/mol. The molecule has 3 aromatic rings. The normalized spacial score (nSPS) is 11.6. The van der Waals surface area contributed by atoms with Crippen molar-refractivity contribution in [3.8, 4) is 10.6 Å². The molecule has 0 aliphatic heterocycles. The molecule has 0 unspecified atom stereocenters. The van der Waals surface area contributed by atoms with Gasteiger partial charge in [0.05, 0.1) is 17.0 Å². The smallest absolute Gasteiger partial charge is 0.264 e. The molecule has 1 amide bonds. The Bertz CT molecular complexity index is 1100. The van der Waals surface area contributed by atoms with Crippen LogP contribution in [0, 0.1) is 0 Å². The fourth-order valence-electron chi connectivity index (χ4n) is 2.21. The van der Waals surface area contributed by atoms with E-state index in [0.29, 0.717) is 15.2 Å². The van der Waals surface area contributed by atoms with E-state index >= 15 is 0 Å². The highest BCUT2D eigenvalue weighted by Gasteiger charge is 2.21. The van der Waals surface area contributed by atoms with Crippen molar-refractivity contribution in [2.75, 3.05) is 19.5 Å². The van der Waals surface area contributed by atoms with Crippen LogP contribution < -0.4 is 5.32 Å². The SMILES string of the molecule is CON(C)S(=O)(=O)c1ccc(C(=O)Nc2nnc(-c3ccccc3Cl)s2)cc1. The highest BCUT2D eigenvalue weighted by atomic mass is 35.5. The van der Waals surface area contributed by atoms with Gasteiger partial charge in [-0.1, -0.05) is 45.6 Å². The summed E-state index contributed by atoms with van der Waals surface area (Å²) in [4.78, 5) is 17.1. The van der Waals surface area contributed by atoms with Crippen molar-refractivity contribution in [2.24, 2.45) is 0 Å². The Morgan fingerprint density at radius 1 is 1.14 bits per heavy atom. The molecule has 3 rings (SSSR count). The maximum Gasteiger partial charge on any atom is 0.264 e. The Kier molecular flexibility index (Phi) is 6.06. The molecule has 0 bridgehead atoms. The van der Waals surface area contributed by atoms with Crippen LogP contribution in [0.5, 0.6) is 0 Å². The van der Waals surface area contributed by atoms with Crippen molar-refractivity contribution < 1.29 is 18.0 Å². The Labute approximate surface area is 170 Å².